The predicted molar refractivity (Wildman–Crippen MR) is 145 cm³/mol. The largest absolute Gasteiger partial charge is 0.493 e. The van der Waals surface area contributed by atoms with Crippen LogP contribution in [0.3, 0.4) is 0 Å². The summed E-state index contributed by atoms with van der Waals surface area (Å²) in [6, 6.07) is 21.1. The van der Waals surface area contributed by atoms with E-state index in [1.54, 1.807) is 48.2 Å². The molecule has 202 valence electrons. The maximum Gasteiger partial charge on any atom is 0.342 e. The van der Waals surface area contributed by atoms with Crippen LogP contribution in [0.25, 0.3) is 0 Å². The van der Waals surface area contributed by atoms with Gasteiger partial charge in [0.2, 0.25) is 0 Å². The number of nitrogens with zero attached hydrogens (tertiary/aromatic N) is 2. The number of fused-ring (bicyclic) bond motifs is 1. The Morgan fingerprint density at radius 1 is 0.846 bits per heavy atom. The fraction of sp³-hybridized carbons (Fsp3) is 0.290. The monoisotopic (exact) mass is 528 g/mol. The number of esters is 1. The molecule has 3 aromatic carbocycles. The Morgan fingerprint density at radius 2 is 1.46 bits per heavy atom. The fourth-order valence-electron chi connectivity index (χ4n) is 4.43. The predicted octanol–water partition coefficient (Wildman–Crippen LogP) is 4.87. The molecule has 0 fully saturated rings. The zero-order valence-electron chi connectivity index (χ0n) is 22.6. The molecule has 8 nitrogen and oxygen atoms in total. The maximum atomic E-state index is 13.2. The van der Waals surface area contributed by atoms with Gasteiger partial charge < -0.3 is 14.4 Å². The Bertz CT molecular complexity index is 1360. The van der Waals surface area contributed by atoms with Gasteiger partial charge in [0.25, 0.3) is 17.7 Å². The van der Waals surface area contributed by atoms with Gasteiger partial charge in [0.05, 0.1) is 24.3 Å². The van der Waals surface area contributed by atoms with Crippen LogP contribution in [0.4, 0.5) is 0 Å². The maximum absolute atomic E-state index is 13.2. The first kappa shape index (κ1) is 27.6. The summed E-state index contributed by atoms with van der Waals surface area (Å²) in [6.07, 6.45) is 0. The van der Waals surface area contributed by atoms with E-state index < -0.39 is 18.1 Å². The van der Waals surface area contributed by atoms with Crippen molar-refractivity contribution in [1.82, 2.24) is 9.80 Å². The number of carbonyl (C=O) groups excluding carboxylic acids is 4. The number of hydrogen-bond donors (Lipinski definition) is 0. The molecule has 0 atom stereocenters. The normalized spacial score (nSPS) is 12.8. The molecule has 1 heterocycles. The first-order valence-corrected chi connectivity index (χ1v) is 12.8. The third-order valence-corrected chi connectivity index (χ3v) is 6.40. The molecule has 3 amide bonds. The third kappa shape index (κ3) is 6.17. The Morgan fingerprint density at radius 3 is 2.05 bits per heavy atom. The molecule has 0 N–H and O–H groups in total. The summed E-state index contributed by atoms with van der Waals surface area (Å²) in [5, 5.41) is 0. The van der Waals surface area contributed by atoms with Crippen molar-refractivity contribution < 1.29 is 28.7 Å². The van der Waals surface area contributed by atoms with Crippen molar-refractivity contribution in [3.63, 3.8) is 0 Å². The average molecular weight is 529 g/mol. The average Bonchev–Trinajstić information content (AvgIpc) is 3.16. The van der Waals surface area contributed by atoms with Crippen LogP contribution in [-0.2, 0) is 22.6 Å². The summed E-state index contributed by atoms with van der Waals surface area (Å²) < 4.78 is 11.1. The first-order valence-electron chi connectivity index (χ1n) is 12.8. The lowest BCUT2D eigenvalue weighted by Gasteiger charge is -2.35. The Kier molecular flexibility index (Phi) is 8.14. The summed E-state index contributed by atoms with van der Waals surface area (Å²) in [6.45, 7) is 7.77. The number of ether oxygens (including phenoxy) is 2. The standard InChI is InChI=1S/C31H32N2O6/c1-5-38-26-16-15-22(18-32-28(35)23-13-9-10-14-24(23)29(32)36)17-25(26)30(37)39-20-27(34)33(31(2,3)4)19-21-11-7-6-8-12-21/h6-17H,5,18-20H2,1-4H3. The van der Waals surface area contributed by atoms with Crippen molar-refractivity contribution in [2.45, 2.75) is 46.3 Å². The van der Waals surface area contributed by atoms with E-state index in [9.17, 15) is 19.2 Å². The number of rotatable bonds is 9. The van der Waals surface area contributed by atoms with Crippen LogP contribution in [-0.4, -0.2) is 52.2 Å². The number of benzene rings is 3. The topological polar surface area (TPSA) is 93.2 Å². The highest BCUT2D eigenvalue weighted by atomic mass is 16.5. The van der Waals surface area contributed by atoms with Crippen LogP contribution in [0.5, 0.6) is 5.75 Å². The van der Waals surface area contributed by atoms with E-state index in [1.165, 1.54) is 6.07 Å². The Labute approximate surface area is 228 Å². The van der Waals surface area contributed by atoms with Crippen LogP contribution in [0, 0.1) is 0 Å². The smallest absolute Gasteiger partial charge is 0.342 e. The molecular weight excluding hydrogens is 496 g/mol. The van der Waals surface area contributed by atoms with Crippen molar-refractivity contribution in [3.05, 3.63) is 101 Å². The highest BCUT2D eigenvalue weighted by Gasteiger charge is 2.35. The highest BCUT2D eigenvalue weighted by Crippen LogP contribution is 2.27. The molecular formula is C31H32N2O6. The van der Waals surface area contributed by atoms with Crippen molar-refractivity contribution in [1.29, 1.82) is 0 Å². The molecule has 0 aliphatic carbocycles. The minimum Gasteiger partial charge on any atom is -0.493 e. The molecule has 8 heteroatoms. The van der Waals surface area contributed by atoms with Gasteiger partial charge in [-0.2, -0.15) is 0 Å². The quantitative estimate of drug-likeness (QED) is 0.291. The van der Waals surface area contributed by atoms with Gasteiger partial charge in [-0.15, -0.1) is 0 Å². The second-order valence-corrected chi connectivity index (χ2v) is 10.2. The number of hydrogen-bond acceptors (Lipinski definition) is 6. The van der Waals surface area contributed by atoms with Crippen molar-refractivity contribution >= 4 is 23.7 Å². The molecule has 0 unspecified atom stereocenters. The molecule has 4 rings (SSSR count). The van der Waals surface area contributed by atoms with Crippen LogP contribution < -0.4 is 4.74 Å². The van der Waals surface area contributed by atoms with Crippen molar-refractivity contribution in [2.24, 2.45) is 0 Å². The number of amides is 3. The molecule has 3 aromatic rings. The van der Waals surface area contributed by atoms with Gasteiger partial charge in [0, 0.05) is 12.1 Å². The van der Waals surface area contributed by atoms with Gasteiger partial charge in [0.15, 0.2) is 6.61 Å². The lowest BCUT2D eigenvalue weighted by molar-refractivity contribution is -0.140. The van der Waals surface area contributed by atoms with Gasteiger partial charge in [0.1, 0.15) is 11.3 Å². The van der Waals surface area contributed by atoms with E-state index >= 15 is 0 Å². The van der Waals surface area contributed by atoms with Gasteiger partial charge in [-0.05, 0) is 63.1 Å². The van der Waals surface area contributed by atoms with Crippen LogP contribution in [0.15, 0.2) is 72.8 Å². The third-order valence-electron chi connectivity index (χ3n) is 6.40. The van der Waals surface area contributed by atoms with Crippen molar-refractivity contribution in [3.8, 4) is 5.75 Å². The van der Waals surface area contributed by atoms with E-state index in [1.807, 2.05) is 51.1 Å². The van der Waals surface area contributed by atoms with E-state index in [2.05, 4.69) is 0 Å². The second-order valence-electron chi connectivity index (χ2n) is 10.2. The molecule has 1 aliphatic heterocycles. The molecule has 0 saturated carbocycles. The first-order chi connectivity index (χ1) is 18.6. The second kappa shape index (κ2) is 11.5. The molecule has 0 saturated heterocycles. The van der Waals surface area contributed by atoms with E-state index in [0.717, 1.165) is 10.5 Å². The molecule has 0 radical (unpaired) electrons. The van der Waals surface area contributed by atoms with Gasteiger partial charge >= 0.3 is 5.97 Å². The number of carbonyl (C=O) groups is 4. The molecule has 0 bridgehead atoms. The lowest BCUT2D eigenvalue weighted by atomic mass is 10.0. The SMILES string of the molecule is CCOc1ccc(CN2C(=O)c3ccccc3C2=O)cc1C(=O)OCC(=O)N(Cc1ccccc1)C(C)(C)C. The summed E-state index contributed by atoms with van der Waals surface area (Å²) in [7, 11) is 0. The lowest BCUT2D eigenvalue weighted by Crippen LogP contribution is -2.46. The number of imide groups is 1. The minimum atomic E-state index is -0.732. The molecule has 0 aromatic heterocycles. The Hall–Kier alpha value is -4.46. The summed E-state index contributed by atoms with van der Waals surface area (Å²) in [4.78, 5) is 54.7. The summed E-state index contributed by atoms with van der Waals surface area (Å²) >= 11 is 0. The molecule has 0 spiro atoms. The van der Waals surface area contributed by atoms with Crippen molar-refractivity contribution in [2.75, 3.05) is 13.2 Å². The van der Waals surface area contributed by atoms with Crippen LogP contribution in [0.1, 0.15) is 69.9 Å². The minimum absolute atomic E-state index is 0.0210. The van der Waals surface area contributed by atoms with E-state index in [4.69, 9.17) is 9.47 Å². The van der Waals surface area contributed by atoms with Gasteiger partial charge in [-0.3, -0.25) is 19.3 Å². The fourth-order valence-corrected chi connectivity index (χ4v) is 4.43. The van der Waals surface area contributed by atoms with Crippen LogP contribution >= 0.6 is 0 Å². The molecule has 39 heavy (non-hydrogen) atoms. The van der Waals surface area contributed by atoms with Crippen LogP contribution in [0.2, 0.25) is 0 Å². The van der Waals surface area contributed by atoms with E-state index in [-0.39, 0.29) is 35.6 Å². The zero-order valence-corrected chi connectivity index (χ0v) is 22.6. The molecule has 1 aliphatic rings. The Balaban J connectivity index is 1.49. The zero-order chi connectivity index (χ0) is 28.2. The van der Waals surface area contributed by atoms with Gasteiger partial charge in [-0.1, -0.05) is 48.5 Å². The summed E-state index contributed by atoms with van der Waals surface area (Å²) in [5.74, 6) is -1.55. The summed E-state index contributed by atoms with van der Waals surface area (Å²) in [5.41, 5.74) is 1.83. The highest BCUT2D eigenvalue weighted by molar-refractivity contribution is 6.21. The van der Waals surface area contributed by atoms with Gasteiger partial charge in [-0.25, -0.2) is 4.79 Å². The van der Waals surface area contributed by atoms with E-state index in [0.29, 0.717) is 29.8 Å².